The Hall–Kier alpha value is -2.30. The summed E-state index contributed by atoms with van der Waals surface area (Å²) in [5.41, 5.74) is 3.32. The molecule has 0 bridgehead atoms. The highest BCUT2D eigenvalue weighted by Gasteiger charge is 2.25. The van der Waals surface area contributed by atoms with Gasteiger partial charge in [-0.15, -0.1) is 0 Å². The highest BCUT2D eigenvalue weighted by Crippen LogP contribution is 2.36. The highest BCUT2D eigenvalue weighted by molar-refractivity contribution is 5.66. The number of rotatable bonds is 6. The van der Waals surface area contributed by atoms with E-state index in [9.17, 15) is 4.79 Å². The van der Waals surface area contributed by atoms with Crippen LogP contribution in [-0.2, 0) is 22.4 Å². The maximum absolute atomic E-state index is 11.2. The second kappa shape index (κ2) is 7.75. The van der Waals surface area contributed by atoms with Crippen LogP contribution in [0.25, 0.3) is 0 Å². The number of hydrogen-bond donors (Lipinski definition) is 0. The summed E-state index contributed by atoms with van der Waals surface area (Å²) >= 11 is 0. The van der Waals surface area contributed by atoms with E-state index in [1.165, 1.54) is 38.2 Å². The van der Waals surface area contributed by atoms with Crippen molar-refractivity contribution in [2.24, 2.45) is 0 Å². The molecule has 0 N–H and O–H groups in total. The van der Waals surface area contributed by atoms with Crippen LogP contribution in [0.2, 0.25) is 0 Å². The van der Waals surface area contributed by atoms with Crippen molar-refractivity contribution >= 4 is 5.97 Å². The lowest BCUT2D eigenvalue weighted by atomic mass is 10.1. The smallest absolute Gasteiger partial charge is 0.303 e. The van der Waals surface area contributed by atoms with Gasteiger partial charge in [0.15, 0.2) is 5.89 Å². The zero-order chi connectivity index (χ0) is 18.8. The Morgan fingerprint density at radius 1 is 1.26 bits per heavy atom. The Morgan fingerprint density at radius 2 is 2.07 bits per heavy atom. The van der Waals surface area contributed by atoms with Gasteiger partial charge < -0.3 is 13.9 Å². The average Bonchev–Trinajstić information content (AvgIpc) is 3.36. The van der Waals surface area contributed by atoms with E-state index in [4.69, 9.17) is 18.9 Å². The van der Waals surface area contributed by atoms with Crippen LogP contribution in [-0.4, -0.2) is 17.6 Å². The second-order valence-corrected chi connectivity index (χ2v) is 7.63. The van der Waals surface area contributed by atoms with E-state index >= 15 is 0 Å². The number of esters is 1. The van der Waals surface area contributed by atoms with Crippen LogP contribution in [0.5, 0.6) is 5.75 Å². The number of hydrogen-bond acceptors (Lipinski definition) is 5. The number of aromatic nitrogens is 1. The zero-order valence-electron chi connectivity index (χ0n) is 16.1. The minimum absolute atomic E-state index is 0.113. The summed E-state index contributed by atoms with van der Waals surface area (Å²) in [4.78, 5) is 15.9. The molecule has 0 amide bonds. The molecule has 1 heterocycles. The molecule has 2 aliphatic carbocycles. The SMILES string of the molecule is CC(=O)OC1CCc2cc(OCCc3nc(C4CCCC4)oc3C)ccc21. The lowest BCUT2D eigenvalue weighted by molar-refractivity contribution is -0.146. The van der Waals surface area contributed by atoms with Crippen molar-refractivity contribution in [2.45, 2.75) is 70.8 Å². The Morgan fingerprint density at radius 3 is 2.85 bits per heavy atom. The predicted octanol–water partition coefficient (Wildman–Crippen LogP) is 4.81. The van der Waals surface area contributed by atoms with Crippen LogP contribution < -0.4 is 4.74 Å². The molecule has 5 nitrogen and oxygen atoms in total. The molecular formula is C22H27NO4. The van der Waals surface area contributed by atoms with Crippen molar-refractivity contribution in [1.29, 1.82) is 0 Å². The molecule has 1 saturated carbocycles. The Balaban J connectivity index is 1.34. The van der Waals surface area contributed by atoms with Crippen LogP contribution in [0.3, 0.4) is 0 Å². The summed E-state index contributed by atoms with van der Waals surface area (Å²) in [6.07, 6.45) is 7.34. The number of oxazole rings is 1. The zero-order valence-corrected chi connectivity index (χ0v) is 16.1. The molecule has 4 rings (SSSR count). The minimum atomic E-state index is -0.229. The summed E-state index contributed by atoms with van der Waals surface area (Å²) in [6, 6.07) is 6.05. The first-order chi connectivity index (χ1) is 13.1. The van der Waals surface area contributed by atoms with Crippen LogP contribution in [0.4, 0.5) is 0 Å². The molecule has 0 radical (unpaired) electrons. The van der Waals surface area contributed by atoms with Gasteiger partial charge in [-0.1, -0.05) is 18.9 Å². The van der Waals surface area contributed by atoms with Gasteiger partial charge in [-0.3, -0.25) is 4.79 Å². The van der Waals surface area contributed by atoms with Crippen molar-refractivity contribution in [1.82, 2.24) is 4.98 Å². The van der Waals surface area contributed by atoms with Gasteiger partial charge in [-0.2, -0.15) is 0 Å². The van der Waals surface area contributed by atoms with E-state index in [1.54, 1.807) is 0 Å². The highest BCUT2D eigenvalue weighted by atomic mass is 16.5. The molecule has 1 atom stereocenters. The van der Waals surface area contributed by atoms with Gasteiger partial charge in [0.25, 0.3) is 0 Å². The van der Waals surface area contributed by atoms with Gasteiger partial charge in [0.2, 0.25) is 0 Å². The normalized spacial score (nSPS) is 19.3. The lowest BCUT2D eigenvalue weighted by Crippen LogP contribution is -2.05. The number of benzene rings is 1. The number of carbonyl (C=O) groups excluding carboxylic acids is 1. The van der Waals surface area contributed by atoms with Crippen LogP contribution in [0.15, 0.2) is 22.6 Å². The summed E-state index contributed by atoms with van der Waals surface area (Å²) in [5, 5.41) is 0. The third-order valence-electron chi connectivity index (χ3n) is 5.67. The number of nitrogens with zero attached hydrogens (tertiary/aromatic N) is 1. The van der Waals surface area contributed by atoms with Crippen LogP contribution in [0, 0.1) is 6.92 Å². The van der Waals surface area contributed by atoms with Gasteiger partial charge >= 0.3 is 5.97 Å². The first-order valence-electron chi connectivity index (χ1n) is 9.99. The summed E-state index contributed by atoms with van der Waals surface area (Å²) in [6.45, 7) is 4.02. The molecule has 1 unspecified atom stereocenters. The number of fused-ring (bicyclic) bond motifs is 1. The fourth-order valence-electron chi connectivity index (χ4n) is 4.26. The van der Waals surface area contributed by atoms with Crippen LogP contribution in [0.1, 0.15) is 79.5 Å². The Bertz CT molecular complexity index is 820. The number of ether oxygens (including phenoxy) is 2. The van der Waals surface area contributed by atoms with Gasteiger partial charge in [0, 0.05) is 19.3 Å². The van der Waals surface area contributed by atoms with Crippen molar-refractivity contribution in [3.8, 4) is 5.75 Å². The largest absolute Gasteiger partial charge is 0.493 e. The second-order valence-electron chi connectivity index (χ2n) is 7.63. The molecule has 0 spiro atoms. The molecule has 1 fully saturated rings. The van der Waals surface area contributed by atoms with Crippen molar-refractivity contribution < 1.29 is 18.7 Å². The van der Waals surface area contributed by atoms with E-state index in [2.05, 4.69) is 6.07 Å². The van der Waals surface area contributed by atoms with E-state index in [0.717, 1.165) is 47.9 Å². The number of aryl methyl sites for hydroxylation is 2. The van der Waals surface area contributed by atoms with Gasteiger partial charge in [-0.05, 0) is 55.9 Å². The monoisotopic (exact) mass is 369 g/mol. The van der Waals surface area contributed by atoms with E-state index in [1.807, 2.05) is 19.1 Å². The molecule has 1 aromatic heterocycles. The van der Waals surface area contributed by atoms with E-state index < -0.39 is 0 Å². The first-order valence-corrected chi connectivity index (χ1v) is 9.99. The molecular weight excluding hydrogens is 342 g/mol. The fourth-order valence-corrected chi connectivity index (χ4v) is 4.26. The topological polar surface area (TPSA) is 61.6 Å². The van der Waals surface area contributed by atoms with Crippen molar-refractivity contribution in [3.05, 3.63) is 46.7 Å². The third-order valence-corrected chi connectivity index (χ3v) is 5.67. The molecule has 144 valence electrons. The van der Waals surface area contributed by atoms with Crippen molar-refractivity contribution in [2.75, 3.05) is 6.61 Å². The van der Waals surface area contributed by atoms with E-state index in [0.29, 0.717) is 12.5 Å². The van der Waals surface area contributed by atoms with E-state index in [-0.39, 0.29) is 12.1 Å². The third kappa shape index (κ3) is 4.02. The Kier molecular flexibility index (Phi) is 5.19. The lowest BCUT2D eigenvalue weighted by Gasteiger charge is -2.12. The van der Waals surface area contributed by atoms with Crippen molar-refractivity contribution in [3.63, 3.8) is 0 Å². The summed E-state index contributed by atoms with van der Waals surface area (Å²) in [7, 11) is 0. The molecule has 27 heavy (non-hydrogen) atoms. The van der Waals surface area contributed by atoms with Gasteiger partial charge in [0.1, 0.15) is 17.6 Å². The summed E-state index contributed by atoms with van der Waals surface area (Å²) < 4.78 is 17.2. The van der Waals surface area contributed by atoms with Gasteiger partial charge in [-0.25, -0.2) is 4.98 Å². The molecule has 5 heteroatoms. The molecule has 0 aliphatic heterocycles. The first kappa shape index (κ1) is 18.1. The fraction of sp³-hybridized carbons (Fsp3) is 0.545. The Labute approximate surface area is 160 Å². The van der Waals surface area contributed by atoms with Crippen LogP contribution >= 0.6 is 0 Å². The molecule has 2 aliphatic rings. The molecule has 2 aromatic rings. The predicted molar refractivity (Wildman–Crippen MR) is 101 cm³/mol. The van der Waals surface area contributed by atoms with Gasteiger partial charge in [0.05, 0.1) is 12.3 Å². The maximum atomic E-state index is 11.2. The minimum Gasteiger partial charge on any atom is -0.493 e. The maximum Gasteiger partial charge on any atom is 0.303 e. The standard InChI is InChI=1S/C22H27NO4/c1-14-20(23-22(26-14)16-5-3-4-6-16)11-12-25-18-8-9-19-17(13-18)7-10-21(19)27-15(2)24/h8-9,13,16,21H,3-7,10-12H2,1-2H3. The quantitative estimate of drug-likeness (QED) is 0.684. The number of carbonyl (C=O) groups is 1. The summed E-state index contributed by atoms with van der Waals surface area (Å²) in [5.74, 6) is 2.95. The molecule has 1 aromatic carbocycles. The average molecular weight is 369 g/mol. The molecule has 0 saturated heterocycles.